The van der Waals surface area contributed by atoms with Crippen LogP contribution >= 0.6 is 0 Å². The lowest BCUT2D eigenvalue weighted by Gasteiger charge is -2.07. The van der Waals surface area contributed by atoms with Crippen molar-refractivity contribution in [2.45, 2.75) is 6.92 Å². The summed E-state index contributed by atoms with van der Waals surface area (Å²) >= 11 is 0. The lowest BCUT2D eigenvalue weighted by atomic mass is 10.0. The number of hydrogen-bond donors (Lipinski definition) is 3. The van der Waals surface area contributed by atoms with Gasteiger partial charge in [-0.1, -0.05) is 54.6 Å². The second-order valence-corrected chi connectivity index (χ2v) is 7.00. The van der Waals surface area contributed by atoms with Crippen LogP contribution in [0.15, 0.2) is 60.0 Å². The largest absolute Gasteiger partial charge is 0.480 e. The molecular weight excluding hydrogens is 356 g/mol. The van der Waals surface area contributed by atoms with E-state index in [2.05, 4.69) is 0 Å². The van der Waals surface area contributed by atoms with Crippen LogP contribution in [0, 0.1) is 0 Å². The third-order valence-electron chi connectivity index (χ3n) is 3.41. The Morgan fingerprint density at radius 2 is 1.58 bits per heavy atom. The highest BCUT2D eigenvalue weighted by Crippen LogP contribution is 2.22. The molecule has 0 atom stereocenters. The fourth-order valence-corrected chi connectivity index (χ4v) is 3.20. The predicted octanol–water partition coefficient (Wildman–Crippen LogP) is 2.43. The maximum absolute atomic E-state index is 12.0. The van der Waals surface area contributed by atoms with Crippen LogP contribution < -0.4 is 10.0 Å². The van der Waals surface area contributed by atoms with Crippen molar-refractivity contribution in [3.05, 3.63) is 65.6 Å². The molecular formula is C18H18N2O5S. The van der Waals surface area contributed by atoms with Gasteiger partial charge in [-0.25, -0.2) is 17.9 Å². The SMILES string of the molecule is C/C(=C\S(=O)(=O)NC(=O)NCC(=O)O)c1ccc(-c2ccccc2)cc1. The molecule has 26 heavy (non-hydrogen) atoms. The smallest absolute Gasteiger partial charge is 0.329 e. The Bertz CT molecular complexity index is 920. The van der Waals surface area contributed by atoms with Gasteiger partial charge in [0.1, 0.15) is 6.54 Å². The highest BCUT2D eigenvalue weighted by Gasteiger charge is 2.13. The number of amides is 2. The Morgan fingerprint density at radius 1 is 1.00 bits per heavy atom. The van der Waals surface area contributed by atoms with Gasteiger partial charge in [0.05, 0.1) is 5.41 Å². The number of carbonyl (C=O) groups is 2. The number of aliphatic carboxylic acids is 1. The lowest BCUT2D eigenvalue weighted by molar-refractivity contribution is -0.135. The van der Waals surface area contributed by atoms with E-state index in [0.29, 0.717) is 11.1 Å². The van der Waals surface area contributed by atoms with Crippen LogP contribution in [0.25, 0.3) is 16.7 Å². The molecule has 0 saturated carbocycles. The number of nitrogens with one attached hydrogen (secondary N) is 2. The summed E-state index contributed by atoms with van der Waals surface area (Å²) in [6.07, 6.45) is 0. The zero-order chi connectivity index (χ0) is 19.2. The standard InChI is InChI=1S/C18H18N2O5S/c1-13(12-26(24,25)20-18(23)19-11-17(21)22)14-7-9-16(10-8-14)15-5-3-2-4-6-15/h2-10,12H,11H2,1H3,(H,21,22)(H2,19,20,23)/b13-12+. The quantitative estimate of drug-likeness (QED) is 0.719. The molecule has 0 unspecified atom stereocenters. The van der Waals surface area contributed by atoms with Gasteiger partial charge in [0, 0.05) is 0 Å². The monoisotopic (exact) mass is 374 g/mol. The molecule has 0 fully saturated rings. The third-order valence-corrected chi connectivity index (χ3v) is 4.55. The molecule has 8 heteroatoms. The van der Waals surface area contributed by atoms with Crippen molar-refractivity contribution in [1.29, 1.82) is 0 Å². The normalized spacial score (nSPS) is 11.7. The predicted molar refractivity (Wildman–Crippen MR) is 98.6 cm³/mol. The molecule has 0 bridgehead atoms. The molecule has 3 N–H and O–H groups in total. The van der Waals surface area contributed by atoms with Gasteiger partial charge in [0.25, 0.3) is 10.0 Å². The third kappa shape index (κ3) is 5.75. The van der Waals surface area contributed by atoms with E-state index in [1.165, 1.54) is 0 Å². The van der Waals surface area contributed by atoms with Gasteiger partial charge in [0.2, 0.25) is 0 Å². The van der Waals surface area contributed by atoms with Crippen molar-refractivity contribution >= 4 is 27.6 Å². The van der Waals surface area contributed by atoms with Gasteiger partial charge in [0.15, 0.2) is 0 Å². The number of hydrogen-bond acceptors (Lipinski definition) is 4. The van der Waals surface area contributed by atoms with Crippen LogP contribution in [0.5, 0.6) is 0 Å². The Morgan fingerprint density at radius 3 is 2.15 bits per heavy atom. The zero-order valence-corrected chi connectivity index (χ0v) is 14.8. The summed E-state index contributed by atoms with van der Waals surface area (Å²) in [5.74, 6) is -1.28. The minimum atomic E-state index is -4.06. The molecule has 7 nitrogen and oxygen atoms in total. The number of benzene rings is 2. The van der Waals surface area contributed by atoms with E-state index in [1.54, 1.807) is 23.8 Å². The van der Waals surface area contributed by atoms with Gasteiger partial charge in [-0.3, -0.25) is 4.79 Å². The highest BCUT2D eigenvalue weighted by molar-refractivity contribution is 7.93. The van der Waals surface area contributed by atoms with E-state index in [1.807, 2.05) is 47.8 Å². The van der Waals surface area contributed by atoms with Crippen LogP contribution in [0.3, 0.4) is 0 Å². The van der Waals surface area contributed by atoms with Crippen molar-refractivity contribution in [3.8, 4) is 11.1 Å². The zero-order valence-electron chi connectivity index (χ0n) is 14.0. The highest BCUT2D eigenvalue weighted by atomic mass is 32.2. The van der Waals surface area contributed by atoms with Crippen LogP contribution in [-0.2, 0) is 14.8 Å². The Kier molecular flexibility index (Phi) is 6.13. The average Bonchev–Trinajstić information content (AvgIpc) is 2.60. The maximum Gasteiger partial charge on any atom is 0.329 e. The molecule has 0 aliphatic rings. The second kappa shape index (κ2) is 8.30. The first kappa shape index (κ1) is 19.2. The van der Waals surface area contributed by atoms with Crippen LogP contribution in [0.2, 0.25) is 0 Å². The number of carboxylic acids is 1. The molecule has 0 radical (unpaired) electrons. The Balaban J connectivity index is 2.10. The molecule has 2 amide bonds. The number of carboxylic acid groups (broad SMARTS) is 1. The van der Waals surface area contributed by atoms with E-state index >= 15 is 0 Å². The van der Waals surface area contributed by atoms with Crippen molar-refractivity contribution in [3.63, 3.8) is 0 Å². The summed E-state index contributed by atoms with van der Waals surface area (Å²) in [5.41, 5.74) is 3.16. The van der Waals surface area contributed by atoms with E-state index in [4.69, 9.17) is 5.11 Å². The van der Waals surface area contributed by atoms with Gasteiger partial charge in [-0.15, -0.1) is 0 Å². The van der Waals surface area contributed by atoms with E-state index < -0.39 is 28.6 Å². The summed E-state index contributed by atoms with van der Waals surface area (Å²) < 4.78 is 25.7. The molecule has 0 saturated heterocycles. The van der Waals surface area contributed by atoms with E-state index in [0.717, 1.165) is 16.5 Å². The van der Waals surface area contributed by atoms with Crippen molar-refractivity contribution in [1.82, 2.24) is 10.0 Å². The number of carbonyl (C=O) groups excluding carboxylic acids is 1. The van der Waals surface area contributed by atoms with Gasteiger partial charge >= 0.3 is 12.0 Å². The molecule has 2 rings (SSSR count). The lowest BCUT2D eigenvalue weighted by Crippen LogP contribution is -2.40. The van der Waals surface area contributed by atoms with Gasteiger partial charge in [-0.2, -0.15) is 0 Å². The summed E-state index contributed by atoms with van der Waals surface area (Å²) in [4.78, 5) is 21.7. The van der Waals surface area contributed by atoms with Gasteiger partial charge in [-0.05, 0) is 29.2 Å². The molecule has 0 aliphatic heterocycles. The first-order valence-corrected chi connectivity index (χ1v) is 9.18. The van der Waals surface area contributed by atoms with Crippen molar-refractivity contribution in [2.24, 2.45) is 0 Å². The van der Waals surface area contributed by atoms with E-state index in [-0.39, 0.29) is 0 Å². The number of rotatable bonds is 6. The van der Waals surface area contributed by atoms with Crippen LogP contribution in [0.1, 0.15) is 12.5 Å². The molecule has 0 aromatic heterocycles. The van der Waals surface area contributed by atoms with Gasteiger partial charge < -0.3 is 10.4 Å². The average molecular weight is 374 g/mol. The Labute approximate surface area is 151 Å². The van der Waals surface area contributed by atoms with E-state index in [9.17, 15) is 18.0 Å². The minimum Gasteiger partial charge on any atom is -0.480 e. The first-order chi connectivity index (χ1) is 12.3. The fourth-order valence-electron chi connectivity index (χ4n) is 2.21. The minimum absolute atomic E-state index is 0.433. The topological polar surface area (TPSA) is 113 Å². The maximum atomic E-state index is 12.0. The summed E-state index contributed by atoms with van der Waals surface area (Å²) in [7, 11) is -4.06. The molecule has 0 aliphatic carbocycles. The Hall–Kier alpha value is -3.13. The van der Waals surface area contributed by atoms with Crippen LogP contribution in [-0.4, -0.2) is 32.1 Å². The molecule has 2 aromatic carbocycles. The second-order valence-electron chi connectivity index (χ2n) is 5.47. The number of sulfonamides is 1. The van der Waals surface area contributed by atoms with Crippen molar-refractivity contribution < 1.29 is 23.1 Å². The fraction of sp³-hybridized carbons (Fsp3) is 0.111. The molecule has 0 spiro atoms. The molecule has 136 valence electrons. The summed E-state index contributed by atoms with van der Waals surface area (Å²) in [6.45, 7) is 0.927. The summed E-state index contributed by atoms with van der Waals surface area (Å²) in [5, 5.41) is 11.3. The van der Waals surface area contributed by atoms with Crippen LogP contribution in [0.4, 0.5) is 4.79 Å². The molecule has 0 heterocycles. The first-order valence-electron chi connectivity index (χ1n) is 7.63. The van der Waals surface area contributed by atoms with Crippen molar-refractivity contribution in [2.75, 3.05) is 6.54 Å². The molecule has 2 aromatic rings. The number of allylic oxidation sites excluding steroid dienone is 1. The summed E-state index contributed by atoms with van der Waals surface area (Å²) in [6, 6.07) is 16.0. The number of urea groups is 1.